The largest absolute Gasteiger partial charge is 0.507 e. The van der Waals surface area contributed by atoms with Crippen LogP contribution in [-0.2, 0) is 0 Å². The lowest BCUT2D eigenvalue weighted by molar-refractivity contribution is 0.411. The quantitative estimate of drug-likeness (QED) is 0.872. The normalized spacial score (nSPS) is 10.4. The first-order chi connectivity index (χ1) is 8.52. The van der Waals surface area contributed by atoms with Crippen LogP contribution in [0.15, 0.2) is 30.3 Å². The van der Waals surface area contributed by atoms with Gasteiger partial charge in [-0.3, -0.25) is 0 Å². The molecule has 2 aromatic carbocycles. The van der Waals surface area contributed by atoms with Crippen LogP contribution in [0.25, 0.3) is 11.1 Å². The highest BCUT2D eigenvalue weighted by atomic mass is 19.1. The van der Waals surface area contributed by atoms with E-state index < -0.39 is 0 Å². The first-order valence-corrected chi connectivity index (χ1v) is 5.67. The molecule has 0 radical (unpaired) electrons. The molecular formula is C15H15FO2. The second kappa shape index (κ2) is 4.69. The van der Waals surface area contributed by atoms with Crippen molar-refractivity contribution >= 4 is 0 Å². The highest BCUT2D eigenvalue weighted by molar-refractivity contribution is 5.74. The van der Waals surface area contributed by atoms with Crippen molar-refractivity contribution in [2.24, 2.45) is 0 Å². The highest BCUT2D eigenvalue weighted by Crippen LogP contribution is 2.35. The lowest BCUT2D eigenvalue weighted by Gasteiger charge is -2.12. The predicted molar refractivity (Wildman–Crippen MR) is 69.5 cm³/mol. The standard InChI is InChI=1S/C15H15FO2/c1-9-7-15(18-3)10(2)6-12(9)13-8-11(16)4-5-14(13)17/h4-8,17H,1-3H3. The molecule has 0 bridgehead atoms. The highest BCUT2D eigenvalue weighted by Gasteiger charge is 2.11. The summed E-state index contributed by atoms with van der Waals surface area (Å²) >= 11 is 0. The lowest BCUT2D eigenvalue weighted by atomic mass is 9.97. The van der Waals surface area contributed by atoms with Gasteiger partial charge in [-0.2, -0.15) is 0 Å². The number of ether oxygens (including phenoxy) is 1. The number of hydrogen-bond donors (Lipinski definition) is 1. The average molecular weight is 246 g/mol. The van der Waals surface area contributed by atoms with E-state index in [0.29, 0.717) is 5.56 Å². The Bertz CT molecular complexity index is 591. The number of benzene rings is 2. The molecule has 2 rings (SSSR count). The SMILES string of the molecule is COc1cc(C)c(-c2cc(F)ccc2O)cc1C. The van der Waals surface area contributed by atoms with Crippen molar-refractivity contribution in [1.82, 2.24) is 0 Å². The Kier molecular flexibility index (Phi) is 3.24. The molecule has 0 aliphatic carbocycles. The van der Waals surface area contributed by atoms with E-state index in [2.05, 4.69) is 0 Å². The second-order valence-corrected chi connectivity index (χ2v) is 4.30. The molecule has 2 aromatic rings. The molecule has 0 saturated carbocycles. The molecule has 1 N–H and O–H groups in total. The summed E-state index contributed by atoms with van der Waals surface area (Å²) in [6.45, 7) is 3.82. The zero-order valence-electron chi connectivity index (χ0n) is 10.6. The summed E-state index contributed by atoms with van der Waals surface area (Å²) in [6, 6.07) is 7.72. The van der Waals surface area contributed by atoms with Gasteiger partial charge < -0.3 is 9.84 Å². The van der Waals surface area contributed by atoms with Crippen LogP contribution in [0.5, 0.6) is 11.5 Å². The van der Waals surface area contributed by atoms with Gasteiger partial charge >= 0.3 is 0 Å². The van der Waals surface area contributed by atoms with Crippen LogP contribution in [0.2, 0.25) is 0 Å². The summed E-state index contributed by atoms with van der Waals surface area (Å²) < 4.78 is 18.5. The summed E-state index contributed by atoms with van der Waals surface area (Å²) in [7, 11) is 1.61. The van der Waals surface area contributed by atoms with Crippen molar-refractivity contribution in [2.45, 2.75) is 13.8 Å². The smallest absolute Gasteiger partial charge is 0.124 e. The van der Waals surface area contributed by atoms with E-state index in [4.69, 9.17) is 4.74 Å². The van der Waals surface area contributed by atoms with Crippen LogP contribution in [0.3, 0.4) is 0 Å². The molecule has 0 saturated heterocycles. The summed E-state index contributed by atoms with van der Waals surface area (Å²) in [6.07, 6.45) is 0. The molecule has 0 fully saturated rings. The number of phenols is 1. The van der Waals surface area contributed by atoms with E-state index in [9.17, 15) is 9.50 Å². The number of aromatic hydroxyl groups is 1. The number of methoxy groups -OCH3 is 1. The fourth-order valence-electron chi connectivity index (χ4n) is 2.02. The van der Waals surface area contributed by atoms with E-state index in [-0.39, 0.29) is 11.6 Å². The minimum absolute atomic E-state index is 0.0732. The van der Waals surface area contributed by atoms with Gasteiger partial charge in [-0.15, -0.1) is 0 Å². The minimum Gasteiger partial charge on any atom is -0.507 e. The Hall–Kier alpha value is -2.03. The van der Waals surface area contributed by atoms with Gasteiger partial charge in [-0.25, -0.2) is 4.39 Å². The van der Waals surface area contributed by atoms with Gasteiger partial charge in [0.25, 0.3) is 0 Å². The molecule has 0 spiro atoms. The molecule has 94 valence electrons. The van der Waals surface area contributed by atoms with Crippen molar-refractivity contribution in [3.05, 3.63) is 47.3 Å². The Balaban J connectivity index is 2.64. The Morgan fingerprint density at radius 3 is 2.39 bits per heavy atom. The second-order valence-electron chi connectivity index (χ2n) is 4.30. The van der Waals surface area contributed by atoms with Crippen molar-refractivity contribution in [1.29, 1.82) is 0 Å². The van der Waals surface area contributed by atoms with E-state index in [1.54, 1.807) is 7.11 Å². The number of aryl methyl sites for hydroxylation is 2. The predicted octanol–water partition coefficient (Wildman–Crippen LogP) is 3.82. The minimum atomic E-state index is -0.365. The van der Waals surface area contributed by atoms with Gasteiger partial charge in [-0.1, -0.05) is 0 Å². The maximum absolute atomic E-state index is 13.3. The van der Waals surface area contributed by atoms with Gasteiger partial charge in [0, 0.05) is 5.56 Å². The van der Waals surface area contributed by atoms with Crippen molar-refractivity contribution in [3.63, 3.8) is 0 Å². The Morgan fingerprint density at radius 2 is 1.72 bits per heavy atom. The van der Waals surface area contributed by atoms with Crippen LogP contribution in [-0.4, -0.2) is 12.2 Å². The van der Waals surface area contributed by atoms with Gasteiger partial charge in [0.1, 0.15) is 17.3 Å². The molecule has 3 heteroatoms. The first kappa shape index (κ1) is 12.4. The third kappa shape index (κ3) is 2.16. The third-order valence-electron chi connectivity index (χ3n) is 2.99. The number of hydrogen-bond acceptors (Lipinski definition) is 2. The number of phenolic OH excluding ortho intramolecular Hbond substituents is 1. The monoisotopic (exact) mass is 246 g/mol. The molecular weight excluding hydrogens is 231 g/mol. The molecule has 0 aliphatic rings. The third-order valence-corrected chi connectivity index (χ3v) is 2.99. The topological polar surface area (TPSA) is 29.5 Å². The van der Waals surface area contributed by atoms with E-state index in [1.807, 2.05) is 26.0 Å². The van der Waals surface area contributed by atoms with E-state index in [1.165, 1.54) is 18.2 Å². The molecule has 0 heterocycles. The molecule has 0 aromatic heterocycles. The maximum Gasteiger partial charge on any atom is 0.124 e. The summed E-state index contributed by atoms with van der Waals surface area (Å²) in [5, 5.41) is 9.83. The molecule has 2 nitrogen and oxygen atoms in total. The number of halogens is 1. The Labute approximate surface area is 106 Å². The molecule has 0 amide bonds. The molecule has 0 unspecified atom stereocenters. The van der Waals surface area contributed by atoms with Crippen LogP contribution in [0.4, 0.5) is 4.39 Å². The molecule has 18 heavy (non-hydrogen) atoms. The number of rotatable bonds is 2. The lowest BCUT2D eigenvalue weighted by Crippen LogP contribution is -1.92. The van der Waals surface area contributed by atoms with Crippen molar-refractivity contribution in [3.8, 4) is 22.6 Å². The summed E-state index contributed by atoms with van der Waals surface area (Å²) in [4.78, 5) is 0. The first-order valence-electron chi connectivity index (χ1n) is 5.67. The van der Waals surface area contributed by atoms with Crippen LogP contribution < -0.4 is 4.74 Å². The van der Waals surface area contributed by atoms with Gasteiger partial charge in [0.05, 0.1) is 7.11 Å². The summed E-state index contributed by atoms with van der Waals surface area (Å²) in [5.41, 5.74) is 3.18. The van der Waals surface area contributed by atoms with Crippen molar-refractivity contribution < 1.29 is 14.2 Å². The van der Waals surface area contributed by atoms with Gasteiger partial charge in [0.15, 0.2) is 0 Å². The fraction of sp³-hybridized carbons (Fsp3) is 0.200. The van der Waals surface area contributed by atoms with Crippen LogP contribution in [0.1, 0.15) is 11.1 Å². The van der Waals surface area contributed by atoms with Gasteiger partial charge in [0.2, 0.25) is 0 Å². The van der Waals surface area contributed by atoms with E-state index >= 15 is 0 Å². The van der Waals surface area contributed by atoms with Crippen molar-refractivity contribution in [2.75, 3.05) is 7.11 Å². The Morgan fingerprint density at radius 1 is 1.00 bits per heavy atom. The maximum atomic E-state index is 13.3. The van der Waals surface area contributed by atoms with Crippen LogP contribution >= 0.6 is 0 Å². The average Bonchev–Trinajstić information content (AvgIpc) is 2.35. The van der Waals surface area contributed by atoms with E-state index in [0.717, 1.165) is 22.4 Å². The zero-order chi connectivity index (χ0) is 13.3. The molecule has 0 aliphatic heterocycles. The fourth-order valence-corrected chi connectivity index (χ4v) is 2.02. The van der Waals surface area contributed by atoms with Crippen LogP contribution in [0, 0.1) is 19.7 Å². The molecule has 0 atom stereocenters. The van der Waals surface area contributed by atoms with Gasteiger partial charge in [-0.05, 0) is 60.9 Å². The summed E-state index contributed by atoms with van der Waals surface area (Å²) in [5.74, 6) is 0.492. The zero-order valence-corrected chi connectivity index (χ0v) is 10.6.